The van der Waals surface area contributed by atoms with E-state index in [1.54, 1.807) is 48.1 Å². The zero-order valence-electron chi connectivity index (χ0n) is 15.9. The molecule has 1 N–H and O–H groups in total. The first kappa shape index (κ1) is 20.7. The van der Waals surface area contributed by atoms with Crippen molar-refractivity contribution in [2.24, 2.45) is 0 Å². The molecule has 2 aromatic heterocycles. The molecule has 146 valence electrons. The van der Waals surface area contributed by atoms with E-state index in [9.17, 15) is 9.59 Å². The first-order valence-corrected chi connectivity index (χ1v) is 8.98. The number of aromatic nitrogens is 3. The molecule has 0 aromatic carbocycles. The summed E-state index contributed by atoms with van der Waals surface area (Å²) in [6.45, 7) is 5.85. The molecule has 0 saturated heterocycles. The van der Waals surface area contributed by atoms with E-state index in [2.05, 4.69) is 10.1 Å². The van der Waals surface area contributed by atoms with E-state index < -0.39 is 11.6 Å². The molecule has 0 saturated carbocycles. The summed E-state index contributed by atoms with van der Waals surface area (Å²) in [4.78, 5) is 30.8. The third-order valence-corrected chi connectivity index (χ3v) is 4.88. The zero-order valence-corrected chi connectivity index (χ0v) is 16.6. The van der Waals surface area contributed by atoms with Crippen LogP contribution >= 0.6 is 11.6 Å². The molecule has 27 heavy (non-hydrogen) atoms. The minimum Gasteiger partial charge on any atom is -0.465 e. The fourth-order valence-electron chi connectivity index (χ4n) is 2.60. The maximum Gasteiger partial charge on any atom is 0.407 e. The number of carbonyl (C=O) groups excluding carboxylic acids is 1. The molecule has 0 aliphatic carbocycles. The average Bonchev–Trinajstić information content (AvgIpc) is 3.02. The van der Waals surface area contributed by atoms with Gasteiger partial charge in [-0.3, -0.25) is 9.78 Å². The van der Waals surface area contributed by atoms with Crippen LogP contribution in [0.4, 0.5) is 10.5 Å². The van der Waals surface area contributed by atoms with Crippen LogP contribution in [0, 0.1) is 0 Å². The molecule has 2 aromatic rings. The lowest BCUT2D eigenvalue weighted by atomic mass is 9.96. The van der Waals surface area contributed by atoms with Crippen molar-refractivity contribution in [1.82, 2.24) is 19.7 Å². The highest BCUT2D eigenvalue weighted by atomic mass is 35.5. The number of carboxylic acid groups (broad SMARTS) is 1. The van der Waals surface area contributed by atoms with Crippen LogP contribution in [0.1, 0.15) is 33.6 Å². The van der Waals surface area contributed by atoms with Gasteiger partial charge in [0.15, 0.2) is 5.15 Å². The highest BCUT2D eigenvalue weighted by Gasteiger charge is 2.29. The van der Waals surface area contributed by atoms with Crippen molar-refractivity contribution in [2.45, 2.75) is 39.2 Å². The van der Waals surface area contributed by atoms with Crippen LogP contribution in [0.25, 0.3) is 5.69 Å². The second kappa shape index (κ2) is 8.39. The average molecular weight is 394 g/mol. The smallest absolute Gasteiger partial charge is 0.407 e. The van der Waals surface area contributed by atoms with E-state index in [1.807, 2.05) is 13.0 Å². The lowest BCUT2D eigenvalue weighted by Crippen LogP contribution is -2.45. The molecule has 0 spiro atoms. The Bertz CT molecular complexity index is 807. The van der Waals surface area contributed by atoms with Crippen LogP contribution in [0.3, 0.4) is 0 Å². The Balaban J connectivity index is 2.16. The lowest BCUT2D eigenvalue weighted by Gasteiger charge is -2.34. The fraction of sp³-hybridized carbons (Fsp3) is 0.444. The highest BCUT2D eigenvalue weighted by Crippen LogP contribution is 2.28. The third-order valence-electron chi connectivity index (χ3n) is 4.62. The number of anilines is 1. The molecule has 0 bridgehead atoms. The van der Waals surface area contributed by atoms with Gasteiger partial charge in [-0.1, -0.05) is 11.6 Å². The first-order chi connectivity index (χ1) is 12.7. The van der Waals surface area contributed by atoms with Crippen LogP contribution < -0.4 is 4.90 Å². The largest absolute Gasteiger partial charge is 0.465 e. The van der Waals surface area contributed by atoms with Gasteiger partial charge in [-0.15, -0.1) is 0 Å². The number of carbonyl (C=O) groups is 2. The summed E-state index contributed by atoms with van der Waals surface area (Å²) in [5, 5.41) is 13.6. The summed E-state index contributed by atoms with van der Waals surface area (Å²) in [6.07, 6.45) is 4.55. The standard InChI is InChI=1S/C18H24ClN5O3/c1-5-23(15(25)8-9-18(2,3)22(4)17(26)27)14-12-24(21-16(14)19)13-7-6-10-20-11-13/h6-7,10-12H,5,8-9H2,1-4H3,(H,26,27). The van der Waals surface area contributed by atoms with Gasteiger partial charge in [-0.05, 0) is 39.3 Å². The quantitative estimate of drug-likeness (QED) is 0.777. The maximum atomic E-state index is 12.8. The molecule has 2 rings (SSSR count). The molecule has 0 aliphatic heterocycles. The van der Waals surface area contributed by atoms with Gasteiger partial charge >= 0.3 is 6.09 Å². The maximum absolute atomic E-state index is 12.8. The van der Waals surface area contributed by atoms with Crippen molar-refractivity contribution >= 4 is 29.3 Å². The molecular weight excluding hydrogens is 370 g/mol. The lowest BCUT2D eigenvalue weighted by molar-refractivity contribution is -0.119. The fourth-order valence-corrected chi connectivity index (χ4v) is 2.83. The Morgan fingerprint density at radius 1 is 1.37 bits per heavy atom. The van der Waals surface area contributed by atoms with Gasteiger partial charge in [0.25, 0.3) is 0 Å². The van der Waals surface area contributed by atoms with E-state index in [0.29, 0.717) is 18.7 Å². The van der Waals surface area contributed by atoms with E-state index in [1.165, 1.54) is 11.9 Å². The van der Waals surface area contributed by atoms with Crippen LogP contribution in [-0.2, 0) is 4.79 Å². The van der Waals surface area contributed by atoms with E-state index in [4.69, 9.17) is 16.7 Å². The molecular formula is C18H24ClN5O3. The van der Waals surface area contributed by atoms with Crippen LogP contribution in [0.5, 0.6) is 0 Å². The molecule has 0 radical (unpaired) electrons. The Morgan fingerprint density at radius 3 is 2.63 bits per heavy atom. The Labute approximate surface area is 163 Å². The van der Waals surface area contributed by atoms with Crippen molar-refractivity contribution in [2.75, 3.05) is 18.5 Å². The van der Waals surface area contributed by atoms with Crippen molar-refractivity contribution in [3.63, 3.8) is 0 Å². The predicted octanol–water partition coefficient (Wildman–Crippen LogP) is 3.44. The minimum atomic E-state index is -1.03. The van der Waals surface area contributed by atoms with Crippen LogP contribution in [0.2, 0.25) is 5.15 Å². The topological polar surface area (TPSA) is 91.6 Å². The monoisotopic (exact) mass is 393 g/mol. The van der Waals surface area contributed by atoms with E-state index in [0.717, 1.165) is 5.69 Å². The van der Waals surface area contributed by atoms with Crippen molar-refractivity contribution in [1.29, 1.82) is 0 Å². The van der Waals surface area contributed by atoms with Gasteiger partial charge in [0.05, 0.1) is 18.1 Å². The molecule has 0 unspecified atom stereocenters. The van der Waals surface area contributed by atoms with Gasteiger partial charge in [0, 0.05) is 31.7 Å². The number of hydrogen-bond acceptors (Lipinski definition) is 4. The summed E-state index contributed by atoms with van der Waals surface area (Å²) in [7, 11) is 1.50. The number of hydrogen-bond donors (Lipinski definition) is 1. The third kappa shape index (κ3) is 4.77. The number of nitrogens with zero attached hydrogens (tertiary/aromatic N) is 5. The summed E-state index contributed by atoms with van der Waals surface area (Å²) in [5.41, 5.74) is 0.584. The van der Waals surface area contributed by atoms with Gasteiger partial charge in [-0.25, -0.2) is 9.48 Å². The molecule has 0 fully saturated rings. The summed E-state index contributed by atoms with van der Waals surface area (Å²) >= 11 is 6.26. The Hall–Kier alpha value is -2.61. The molecule has 0 atom stereocenters. The number of amides is 2. The van der Waals surface area contributed by atoms with E-state index >= 15 is 0 Å². The number of rotatable bonds is 7. The minimum absolute atomic E-state index is 0.142. The number of halogens is 1. The summed E-state index contributed by atoms with van der Waals surface area (Å²) < 4.78 is 1.57. The van der Waals surface area contributed by atoms with Crippen LogP contribution in [0.15, 0.2) is 30.7 Å². The molecule has 2 heterocycles. The number of pyridine rings is 1. The second-order valence-electron chi connectivity index (χ2n) is 6.75. The van der Waals surface area contributed by atoms with Gasteiger partial charge in [0.2, 0.25) is 5.91 Å². The van der Waals surface area contributed by atoms with Gasteiger partial charge in [0.1, 0.15) is 5.69 Å². The van der Waals surface area contributed by atoms with E-state index in [-0.39, 0.29) is 17.5 Å². The van der Waals surface area contributed by atoms with Gasteiger partial charge in [-0.2, -0.15) is 5.10 Å². The Kier molecular flexibility index (Phi) is 6.43. The SMILES string of the molecule is CCN(C(=O)CCC(C)(C)N(C)C(=O)O)c1cn(-c2cccnc2)nc1Cl. The molecule has 2 amide bonds. The van der Waals surface area contributed by atoms with Gasteiger partial charge < -0.3 is 14.9 Å². The first-order valence-electron chi connectivity index (χ1n) is 8.60. The zero-order chi connectivity index (χ0) is 20.2. The molecule has 8 nitrogen and oxygen atoms in total. The Morgan fingerprint density at radius 2 is 2.07 bits per heavy atom. The predicted molar refractivity (Wildman–Crippen MR) is 103 cm³/mol. The summed E-state index contributed by atoms with van der Waals surface area (Å²) in [6, 6.07) is 3.62. The molecule has 0 aliphatic rings. The van der Waals surface area contributed by atoms with Crippen LogP contribution in [-0.4, -0.2) is 55.9 Å². The van der Waals surface area contributed by atoms with Crippen molar-refractivity contribution in [3.8, 4) is 5.69 Å². The molecule has 9 heteroatoms. The summed E-state index contributed by atoms with van der Waals surface area (Å²) in [5.74, 6) is -0.142. The highest BCUT2D eigenvalue weighted by molar-refractivity contribution is 6.32. The van der Waals surface area contributed by atoms with Crippen molar-refractivity contribution < 1.29 is 14.7 Å². The second-order valence-corrected chi connectivity index (χ2v) is 7.11. The normalized spacial score (nSPS) is 11.3. The van der Waals surface area contributed by atoms with Crippen molar-refractivity contribution in [3.05, 3.63) is 35.9 Å².